The summed E-state index contributed by atoms with van der Waals surface area (Å²) < 4.78 is 5.64. The van der Waals surface area contributed by atoms with E-state index >= 15 is 0 Å². The number of hydrogen-bond donors (Lipinski definition) is 1. The fourth-order valence-corrected chi connectivity index (χ4v) is 4.72. The molecule has 1 aliphatic carbocycles. The molecule has 1 unspecified atom stereocenters. The van der Waals surface area contributed by atoms with Gasteiger partial charge in [-0.2, -0.15) is 0 Å². The van der Waals surface area contributed by atoms with Gasteiger partial charge in [0.15, 0.2) is 0 Å². The van der Waals surface area contributed by atoms with Crippen LogP contribution < -0.4 is 5.73 Å². The van der Waals surface area contributed by atoms with Gasteiger partial charge in [0.1, 0.15) is 5.76 Å². The molecule has 1 saturated heterocycles. The number of hydrogen-bond acceptors (Lipinski definition) is 3. The van der Waals surface area contributed by atoms with Crippen LogP contribution in [0.15, 0.2) is 23.5 Å². The van der Waals surface area contributed by atoms with E-state index in [-0.39, 0.29) is 28.9 Å². The minimum absolute atomic E-state index is 0.0716. The molecule has 2 N–H and O–H groups in total. The zero-order chi connectivity index (χ0) is 19.0. The second-order valence-electron chi connectivity index (χ2n) is 8.98. The van der Waals surface area contributed by atoms with Gasteiger partial charge < -0.3 is 15.4 Å². The lowest BCUT2D eigenvalue weighted by Crippen LogP contribution is -2.61. The van der Waals surface area contributed by atoms with Crippen molar-refractivity contribution in [2.24, 2.45) is 17.6 Å². The molecule has 0 aromatic heterocycles. The van der Waals surface area contributed by atoms with Gasteiger partial charge in [-0.1, -0.05) is 26.3 Å². The highest BCUT2D eigenvalue weighted by Crippen LogP contribution is 2.40. The predicted octanol–water partition coefficient (Wildman–Crippen LogP) is 4.02. The molecule has 4 nitrogen and oxygen atoms in total. The van der Waals surface area contributed by atoms with Crippen LogP contribution in [-0.4, -0.2) is 35.0 Å². The highest BCUT2D eigenvalue weighted by atomic mass is 16.5. The third-order valence-corrected chi connectivity index (χ3v) is 6.14. The number of likely N-dealkylation sites (tertiary alicyclic amines) is 1. The van der Waals surface area contributed by atoms with E-state index in [4.69, 9.17) is 10.5 Å². The summed E-state index contributed by atoms with van der Waals surface area (Å²) in [4.78, 5) is 15.5. The van der Waals surface area contributed by atoms with Crippen molar-refractivity contribution in [2.75, 3.05) is 7.11 Å². The molecular formula is C21H36N2O2. The first-order valence-corrected chi connectivity index (χ1v) is 9.63. The molecule has 0 aromatic carbocycles. The SMILES string of the molecule is CCC(C)[C@@H]1C(OC)=CC(C(=O)N2C(C)(C)CCCC2(C)C)=C[C@H]1N. The fraction of sp³-hybridized carbons (Fsp3) is 0.762. The maximum Gasteiger partial charge on any atom is 0.254 e. The molecule has 0 spiro atoms. The monoisotopic (exact) mass is 348 g/mol. The number of methoxy groups -OCH3 is 1. The van der Waals surface area contributed by atoms with Gasteiger partial charge in [-0.25, -0.2) is 0 Å². The van der Waals surface area contributed by atoms with E-state index in [0.29, 0.717) is 11.5 Å². The maximum atomic E-state index is 13.4. The second kappa shape index (κ2) is 7.14. The summed E-state index contributed by atoms with van der Waals surface area (Å²) in [6.45, 7) is 13.0. The number of carbonyl (C=O) groups excluding carboxylic acids is 1. The van der Waals surface area contributed by atoms with E-state index in [1.807, 2.05) is 12.2 Å². The van der Waals surface area contributed by atoms with Gasteiger partial charge in [0, 0.05) is 28.6 Å². The van der Waals surface area contributed by atoms with Crippen LogP contribution in [0.4, 0.5) is 0 Å². The Balaban J connectivity index is 2.37. The summed E-state index contributed by atoms with van der Waals surface area (Å²) in [5, 5.41) is 0. The Hall–Kier alpha value is -1.29. The standard InChI is InChI=1S/C21H36N2O2/c1-8-14(2)18-16(22)12-15(13-17(18)25-7)19(24)23-20(3,4)10-9-11-21(23,5)6/h12-14,16,18H,8-11,22H2,1-7H3/t14?,16-,18+/m1/s1. The van der Waals surface area contributed by atoms with Gasteiger partial charge in [0.2, 0.25) is 0 Å². The molecule has 2 rings (SSSR count). The Morgan fingerprint density at radius 1 is 1.32 bits per heavy atom. The van der Waals surface area contributed by atoms with E-state index in [1.165, 1.54) is 0 Å². The normalized spacial score (nSPS) is 29.5. The van der Waals surface area contributed by atoms with Crippen LogP contribution in [-0.2, 0) is 9.53 Å². The minimum Gasteiger partial charge on any atom is -0.501 e. The first kappa shape index (κ1) is 20.0. The first-order valence-electron chi connectivity index (χ1n) is 9.63. The highest BCUT2D eigenvalue weighted by molar-refractivity contribution is 5.97. The van der Waals surface area contributed by atoms with Crippen LogP contribution in [0.2, 0.25) is 0 Å². The molecule has 1 aliphatic heterocycles. The van der Waals surface area contributed by atoms with Gasteiger partial charge >= 0.3 is 0 Å². The van der Waals surface area contributed by atoms with Crippen LogP contribution in [0.1, 0.15) is 67.2 Å². The molecule has 4 heteroatoms. The average molecular weight is 349 g/mol. The van der Waals surface area contributed by atoms with Crippen LogP contribution >= 0.6 is 0 Å². The van der Waals surface area contributed by atoms with Crippen molar-refractivity contribution in [1.29, 1.82) is 0 Å². The van der Waals surface area contributed by atoms with Crippen molar-refractivity contribution < 1.29 is 9.53 Å². The molecule has 0 aromatic rings. The predicted molar refractivity (Wildman–Crippen MR) is 103 cm³/mol. The van der Waals surface area contributed by atoms with Crippen molar-refractivity contribution in [3.05, 3.63) is 23.5 Å². The van der Waals surface area contributed by atoms with Gasteiger partial charge in [0.05, 0.1) is 7.11 Å². The number of ether oxygens (including phenoxy) is 1. The van der Waals surface area contributed by atoms with Crippen LogP contribution in [0.5, 0.6) is 0 Å². The topological polar surface area (TPSA) is 55.6 Å². The molecule has 0 radical (unpaired) electrons. The molecule has 142 valence electrons. The molecule has 25 heavy (non-hydrogen) atoms. The molecule has 1 amide bonds. The van der Waals surface area contributed by atoms with Crippen molar-refractivity contribution in [3.8, 4) is 0 Å². The summed E-state index contributed by atoms with van der Waals surface area (Å²) in [5.41, 5.74) is 6.81. The molecule has 2 aliphatic rings. The Morgan fingerprint density at radius 2 is 1.88 bits per heavy atom. The molecule has 3 atom stereocenters. The Bertz CT molecular complexity index is 558. The number of nitrogens with zero attached hydrogens (tertiary/aromatic N) is 1. The fourth-order valence-electron chi connectivity index (χ4n) is 4.72. The van der Waals surface area contributed by atoms with Gasteiger partial charge in [-0.15, -0.1) is 0 Å². The third-order valence-electron chi connectivity index (χ3n) is 6.14. The van der Waals surface area contributed by atoms with Crippen molar-refractivity contribution in [1.82, 2.24) is 4.90 Å². The summed E-state index contributed by atoms with van der Waals surface area (Å²) in [5.74, 6) is 1.45. The number of nitrogens with two attached hydrogens (primary N) is 1. The van der Waals surface area contributed by atoms with Crippen LogP contribution in [0.25, 0.3) is 0 Å². The average Bonchev–Trinajstić information content (AvgIpc) is 2.51. The molecule has 1 heterocycles. The number of rotatable bonds is 4. The minimum atomic E-state index is -0.190. The number of piperidine rings is 1. The lowest BCUT2D eigenvalue weighted by molar-refractivity contribution is -0.144. The molecule has 1 fully saturated rings. The first-order chi connectivity index (χ1) is 11.5. The maximum absolute atomic E-state index is 13.4. The van der Waals surface area contributed by atoms with Crippen LogP contribution in [0.3, 0.4) is 0 Å². The largest absolute Gasteiger partial charge is 0.501 e. The summed E-state index contributed by atoms with van der Waals surface area (Å²) in [6.07, 6.45) is 8.10. The third kappa shape index (κ3) is 3.79. The van der Waals surface area contributed by atoms with E-state index in [9.17, 15) is 4.79 Å². The zero-order valence-corrected chi connectivity index (χ0v) is 17.1. The quantitative estimate of drug-likeness (QED) is 0.835. The van der Waals surface area contributed by atoms with Crippen molar-refractivity contribution in [3.63, 3.8) is 0 Å². The summed E-state index contributed by atoms with van der Waals surface area (Å²) >= 11 is 0. The van der Waals surface area contributed by atoms with Crippen molar-refractivity contribution >= 4 is 5.91 Å². The lowest BCUT2D eigenvalue weighted by atomic mass is 9.77. The Morgan fingerprint density at radius 3 is 2.36 bits per heavy atom. The van der Waals surface area contributed by atoms with Gasteiger partial charge in [0.25, 0.3) is 5.91 Å². The van der Waals surface area contributed by atoms with Crippen molar-refractivity contribution in [2.45, 2.75) is 84.3 Å². The molecule has 0 bridgehead atoms. The zero-order valence-electron chi connectivity index (χ0n) is 17.1. The summed E-state index contributed by atoms with van der Waals surface area (Å²) in [7, 11) is 1.68. The van der Waals surface area contributed by atoms with Gasteiger partial charge in [-0.3, -0.25) is 4.79 Å². The summed E-state index contributed by atoms with van der Waals surface area (Å²) in [6, 6.07) is -0.190. The molecule has 0 saturated carbocycles. The second-order valence-corrected chi connectivity index (χ2v) is 8.98. The van der Waals surface area contributed by atoms with E-state index < -0.39 is 0 Å². The highest BCUT2D eigenvalue weighted by Gasteiger charge is 2.45. The van der Waals surface area contributed by atoms with Gasteiger partial charge in [-0.05, 0) is 59.0 Å². The molecular weight excluding hydrogens is 312 g/mol. The van der Waals surface area contributed by atoms with E-state index in [1.54, 1.807) is 7.11 Å². The number of amides is 1. The van der Waals surface area contributed by atoms with E-state index in [2.05, 4.69) is 46.4 Å². The van der Waals surface area contributed by atoms with E-state index in [0.717, 1.165) is 31.4 Å². The Kier molecular flexibility index (Phi) is 5.72. The Labute approximate surface area is 153 Å². The number of carbonyl (C=O) groups is 1. The smallest absolute Gasteiger partial charge is 0.254 e. The van der Waals surface area contributed by atoms with Crippen LogP contribution in [0, 0.1) is 11.8 Å². The lowest BCUT2D eigenvalue weighted by Gasteiger charge is -2.53.